The summed E-state index contributed by atoms with van der Waals surface area (Å²) in [5.41, 5.74) is 2.02. The van der Waals surface area contributed by atoms with Crippen LogP contribution in [0.1, 0.15) is 5.56 Å². The van der Waals surface area contributed by atoms with Crippen LogP contribution in [0.2, 0.25) is 5.02 Å². The molecule has 1 aromatic heterocycles. The van der Waals surface area contributed by atoms with Gasteiger partial charge < -0.3 is 10.1 Å². The van der Waals surface area contributed by atoms with Gasteiger partial charge in [-0.15, -0.1) is 0 Å². The van der Waals surface area contributed by atoms with Crippen molar-refractivity contribution < 1.29 is 13.2 Å². The van der Waals surface area contributed by atoms with Gasteiger partial charge in [0.2, 0.25) is 5.96 Å². The lowest BCUT2D eigenvalue weighted by molar-refractivity contribution is 0.483. The number of fused-ring (bicyclic) bond motifs is 1. The van der Waals surface area contributed by atoms with Crippen LogP contribution in [-0.4, -0.2) is 24.2 Å². The molecule has 8 nitrogen and oxygen atoms in total. The number of para-hydroxylation sites is 3. The Bertz CT molecular complexity index is 1450. The average molecular weight is 480 g/mol. The summed E-state index contributed by atoms with van der Waals surface area (Å²) in [7, 11) is -3.85. The molecule has 1 aliphatic heterocycles. The first kappa shape index (κ1) is 21.0. The molecule has 5 rings (SSSR count). The van der Waals surface area contributed by atoms with Gasteiger partial charge in [0.05, 0.1) is 17.3 Å². The predicted molar refractivity (Wildman–Crippen MR) is 127 cm³/mol. The molecule has 0 fully saturated rings. The zero-order valence-corrected chi connectivity index (χ0v) is 18.7. The maximum atomic E-state index is 12.9. The number of benzene rings is 3. The van der Waals surface area contributed by atoms with Crippen molar-refractivity contribution in [3.8, 4) is 17.2 Å². The van der Waals surface area contributed by atoms with Crippen molar-refractivity contribution >= 4 is 33.3 Å². The number of hydrogen-bond acceptors (Lipinski definition) is 5. The largest absolute Gasteiger partial charge is 0.454 e. The quantitative estimate of drug-likeness (QED) is 0.436. The molecule has 2 N–H and O–H groups in total. The van der Waals surface area contributed by atoms with Gasteiger partial charge in [-0.3, -0.25) is 0 Å². The maximum absolute atomic E-state index is 12.9. The van der Waals surface area contributed by atoms with Crippen molar-refractivity contribution in [3.05, 3.63) is 95.8 Å². The fourth-order valence-electron chi connectivity index (χ4n) is 3.43. The number of aromatic nitrogens is 2. The summed E-state index contributed by atoms with van der Waals surface area (Å²) in [6.45, 7) is 0.226. The molecule has 3 aromatic carbocycles. The van der Waals surface area contributed by atoms with Crippen LogP contribution < -0.4 is 14.8 Å². The monoisotopic (exact) mass is 479 g/mol. The van der Waals surface area contributed by atoms with Gasteiger partial charge in [0, 0.05) is 12.4 Å². The van der Waals surface area contributed by atoms with E-state index in [1.165, 1.54) is 6.07 Å². The molecule has 0 amide bonds. The molecule has 0 atom stereocenters. The molecular formula is C23H18ClN5O3S. The van der Waals surface area contributed by atoms with Crippen LogP contribution in [0.4, 0.5) is 5.69 Å². The number of hydrogen-bond donors (Lipinski definition) is 2. The Balaban J connectivity index is 1.48. The highest BCUT2D eigenvalue weighted by molar-refractivity contribution is 7.90. The zero-order chi connectivity index (χ0) is 22.8. The third-order valence-corrected chi connectivity index (χ3v) is 6.65. The van der Waals surface area contributed by atoms with Crippen LogP contribution >= 0.6 is 11.6 Å². The summed E-state index contributed by atoms with van der Waals surface area (Å²) in [4.78, 5) is 4.54. The van der Waals surface area contributed by atoms with Crippen molar-refractivity contribution in [2.75, 3.05) is 5.32 Å². The highest BCUT2D eigenvalue weighted by Gasteiger charge is 2.29. The highest BCUT2D eigenvalue weighted by atomic mass is 35.5. The zero-order valence-electron chi connectivity index (χ0n) is 17.1. The minimum absolute atomic E-state index is 0.0583. The number of ether oxygens (including phenoxy) is 1. The van der Waals surface area contributed by atoms with Gasteiger partial charge >= 0.3 is 0 Å². The van der Waals surface area contributed by atoms with Crippen molar-refractivity contribution in [2.24, 2.45) is 4.99 Å². The van der Waals surface area contributed by atoms with E-state index in [4.69, 9.17) is 16.3 Å². The fourth-order valence-corrected chi connectivity index (χ4v) is 4.76. The van der Waals surface area contributed by atoms with E-state index >= 15 is 0 Å². The highest BCUT2D eigenvalue weighted by Crippen LogP contribution is 2.38. The number of halogens is 1. The molecule has 0 aliphatic carbocycles. The second kappa shape index (κ2) is 8.61. The summed E-state index contributed by atoms with van der Waals surface area (Å²) in [6, 6.07) is 21.2. The van der Waals surface area contributed by atoms with Gasteiger partial charge in [-0.2, -0.15) is 5.10 Å². The average Bonchev–Trinajstić information content (AvgIpc) is 3.34. The van der Waals surface area contributed by atoms with E-state index in [9.17, 15) is 8.42 Å². The van der Waals surface area contributed by atoms with Crippen molar-refractivity contribution in [1.82, 2.24) is 14.5 Å². The van der Waals surface area contributed by atoms with Crippen LogP contribution in [0, 0.1) is 0 Å². The molecule has 0 spiro atoms. The van der Waals surface area contributed by atoms with Crippen LogP contribution in [-0.2, 0) is 16.6 Å². The summed E-state index contributed by atoms with van der Waals surface area (Å²) in [5, 5.41) is 7.73. The summed E-state index contributed by atoms with van der Waals surface area (Å²) in [6.07, 6.45) is 3.53. The molecule has 0 saturated carbocycles. The first-order chi connectivity index (χ1) is 16.0. The van der Waals surface area contributed by atoms with E-state index < -0.39 is 10.0 Å². The third kappa shape index (κ3) is 4.28. The lowest BCUT2D eigenvalue weighted by Gasteiger charge is -2.24. The first-order valence-corrected chi connectivity index (χ1v) is 11.8. The topological polar surface area (TPSA) is 97.6 Å². The van der Waals surface area contributed by atoms with Crippen molar-refractivity contribution in [3.63, 3.8) is 0 Å². The van der Waals surface area contributed by atoms with E-state index in [1.54, 1.807) is 47.3 Å². The van der Waals surface area contributed by atoms with Crippen LogP contribution in [0.3, 0.4) is 0 Å². The Kier molecular flexibility index (Phi) is 5.49. The molecule has 4 aromatic rings. The normalized spacial score (nSPS) is 15.4. The van der Waals surface area contributed by atoms with Gasteiger partial charge in [-0.25, -0.2) is 22.8 Å². The number of nitrogens with zero attached hydrogens (tertiary/aromatic N) is 3. The second-order valence-electron chi connectivity index (χ2n) is 7.14. The Labute approximate surface area is 195 Å². The molecule has 10 heteroatoms. The molecule has 0 unspecified atom stereocenters. The predicted octanol–water partition coefficient (Wildman–Crippen LogP) is 4.58. The van der Waals surface area contributed by atoms with Crippen molar-refractivity contribution in [2.45, 2.75) is 11.4 Å². The summed E-state index contributed by atoms with van der Waals surface area (Å²) in [5.74, 6) is 0.820. The van der Waals surface area contributed by atoms with E-state index in [1.807, 2.05) is 36.5 Å². The maximum Gasteiger partial charge on any atom is 0.266 e. The van der Waals surface area contributed by atoms with E-state index in [2.05, 4.69) is 20.1 Å². The van der Waals surface area contributed by atoms with Gasteiger partial charge in [0.25, 0.3) is 10.0 Å². The number of nitrogens with one attached hydrogen (secondary N) is 2. The van der Waals surface area contributed by atoms with E-state index in [0.29, 0.717) is 16.5 Å². The standard InChI is InChI=1S/C23H18ClN5O3S/c24-17-8-2-4-10-19(17)32-20-11-5-12-21-22(20)27-23(28-33(21,30)31)25-15-16-7-1-3-9-18(16)29-14-6-13-26-29/h1-14H,15H2,(H2,25,27,28). The van der Waals surface area contributed by atoms with Gasteiger partial charge in [-0.1, -0.05) is 48.0 Å². The molecule has 0 radical (unpaired) electrons. The Morgan fingerprint density at radius 3 is 2.58 bits per heavy atom. The number of guanidine groups is 1. The number of aliphatic imine (C=N–C) groups is 1. The smallest absolute Gasteiger partial charge is 0.266 e. The van der Waals surface area contributed by atoms with Crippen molar-refractivity contribution in [1.29, 1.82) is 0 Å². The lowest BCUT2D eigenvalue weighted by Crippen LogP contribution is -2.40. The first-order valence-electron chi connectivity index (χ1n) is 9.99. The van der Waals surface area contributed by atoms with E-state index in [-0.39, 0.29) is 23.1 Å². The molecular weight excluding hydrogens is 462 g/mol. The molecule has 0 saturated heterocycles. The van der Waals surface area contributed by atoms with Crippen LogP contribution in [0.25, 0.3) is 5.69 Å². The van der Waals surface area contributed by atoms with E-state index in [0.717, 1.165) is 11.3 Å². The Morgan fingerprint density at radius 1 is 0.970 bits per heavy atom. The molecule has 166 valence electrons. The molecule has 0 bridgehead atoms. The second-order valence-corrected chi connectivity index (χ2v) is 9.19. The van der Waals surface area contributed by atoms with Gasteiger partial charge in [0.1, 0.15) is 16.3 Å². The minimum Gasteiger partial charge on any atom is -0.454 e. The molecule has 2 heterocycles. The Morgan fingerprint density at radius 2 is 1.76 bits per heavy atom. The summed E-state index contributed by atoms with van der Waals surface area (Å²) >= 11 is 6.21. The minimum atomic E-state index is -3.85. The lowest BCUT2D eigenvalue weighted by atomic mass is 10.2. The number of rotatable bonds is 5. The molecule has 33 heavy (non-hydrogen) atoms. The molecule has 1 aliphatic rings. The number of sulfonamides is 1. The fraction of sp³-hybridized carbons (Fsp3) is 0.0435. The Hall–Kier alpha value is -3.82. The van der Waals surface area contributed by atoms with Crippen LogP contribution in [0.5, 0.6) is 11.5 Å². The number of anilines is 1. The van der Waals surface area contributed by atoms with Gasteiger partial charge in [0.15, 0.2) is 5.75 Å². The third-order valence-electron chi connectivity index (χ3n) is 4.96. The van der Waals surface area contributed by atoms with Gasteiger partial charge in [-0.05, 0) is 42.0 Å². The SMILES string of the molecule is O=S1(=O)NC(=NCc2ccccc2-n2cccn2)Nc2c(Oc3ccccc3Cl)cccc21. The van der Waals surface area contributed by atoms with Crippen LogP contribution in [0.15, 0.2) is 95.1 Å². The summed E-state index contributed by atoms with van der Waals surface area (Å²) < 4.78 is 35.9.